The molecule has 3 nitrogen and oxygen atoms in total. The van der Waals surface area contributed by atoms with Gasteiger partial charge in [0.2, 0.25) is 0 Å². The van der Waals surface area contributed by atoms with Crippen LogP contribution in [0.25, 0.3) is 0 Å². The SMILES string of the molecule is CCOC(CCCNCc1cccc(F)c1)OCC. The van der Waals surface area contributed by atoms with Crippen LogP contribution in [0.2, 0.25) is 0 Å². The molecule has 4 heteroatoms. The molecule has 0 bridgehead atoms. The fourth-order valence-corrected chi connectivity index (χ4v) is 1.86. The van der Waals surface area contributed by atoms with Gasteiger partial charge in [0, 0.05) is 19.8 Å². The van der Waals surface area contributed by atoms with Gasteiger partial charge < -0.3 is 14.8 Å². The van der Waals surface area contributed by atoms with Gasteiger partial charge in [-0.05, 0) is 50.9 Å². The Kier molecular flexibility index (Phi) is 8.38. The van der Waals surface area contributed by atoms with Crippen molar-refractivity contribution in [3.05, 3.63) is 35.6 Å². The third kappa shape index (κ3) is 7.25. The molecule has 0 unspecified atom stereocenters. The molecular formula is C15H24FNO2. The Morgan fingerprint density at radius 1 is 1.21 bits per heavy atom. The third-order valence-corrected chi connectivity index (χ3v) is 2.72. The predicted molar refractivity (Wildman–Crippen MR) is 74.4 cm³/mol. The Balaban J connectivity index is 2.13. The first-order chi connectivity index (χ1) is 9.26. The van der Waals surface area contributed by atoms with Gasteiger partial charge in [0.05, 0.1) is 0 Å². The summed E-state index contributed by atoms with van der Waals surface area (Å²) < 4.78 is 23.9. The van der Waals surface area contributed by atoms with Gasteiger partial charge in [-0.1, -0.05) is 12.1 Å². The molecule has 0 heterocycles. The van der Waals surface area contributed by atoms with Crippen LogP contribution in [0.3, 0.4) is 0 Å². The molecule has 19 heavy (non-hydrogen) atoms. The second-order valence-corrected chi connectivity index (χ2v) is 4.29. The second kappa shape index (κ2) is 9.89. The lowest BCUT2D eigenvalue weighted by molar-refractivity contribution is -0.139. The van der Waals surface area contributed by atoms with E-state index < -0.39 is 0 Å². The topological polar surface area (TPSA) is 30.5 Å². The fourth-order valence-electron chi connectivity index (χ4n) is 1.86. The van der Waals surface area contributed by atoms with E-state index in [1.165, 1.54) is 6.07 Å². The molecule has 0 aliphatic rings. The zero-order chi connectivity index (χ0) is 13.9. The van der Waals surface area contributed by atoms with Crippen LogP contribution in [-0.4, -0.2) is 26.0 Å². The number of halogens is 1. The first kappa shape index (κ1) is 16.1. The summed E-state index contributed by atoms with van der Waals surface area (Å²) in [7, 11) is 0. The molecule has 0 saturated carbocycles. The first-order valence-electron chi connectivity index (χ1n) is 6.94. The maximum Gasteiger partial charge on any atom is 0.157 e. The van der Waals surface area contributed by atoms with E-state index in [1.54, 1.807) is 12.1 Å². The first-order valence-corrected chi connectivity index (χ1v) is 6.94. The van der Waals surface area contributed by atoms with E-state index in [4.69, 9.17) is 9.47 Å². The van der Waals surface area contributed by atoms with Gasteiger partial charge in [0.25, 0.3) is 0 Å². The molecule has 0 aliphatic heterocycles. The summed E-state index contributed by atoms with van der Waals surface area (Å²) in [6.07, 6.45) is 1.74. The zero-order valence-corrected chi connectivity index (χ0v) is 11.8. The van der Waals surface area contributed by atoms with Crippen molar-refractivity contribution < 1.29 is 13.9 Å². The molecular weight excluding hydrogens is 245 g/mol. The van der Waals surface area contributed by atoms with Crippen LogP contribution in [0.5, 0.6) is 0 Å². The van der Waals surface area contributed by atoms with Crippen LogP contribution in [-0.2, 0) is 16.0 Å². The average Bonchev–Trinajstić information content (AvgIpc) is 2.39. The van der Waals surface area contributed by atoms with E-state index in [0.29, 0.717) is 19.8 Å². The minimum Gasteiger partial charge on any atom is -0.353 e. The molecule has 0 radical (unpaired) electrons. The molecule has 1 aromatic rings. The molecule has 0 aromatic heterocycles. The summed E-state index contributed by atoms with van der Waals surface area (Å²) in [6.45, 7) is 6.82. The normalized spacial score (nSPS) is 11.2. The summed E-state index contributed by atoms with van der Waals surface area (Å²) in [6, 6.07) is 6.65. The van der Waals surface area contributed by atoms with Crippen LogP contribution in [0.1, 0.15) is 32.3 Å². The maximum atomic E-state index is 13.0. The van der Waals surface area contributed by atoms with E-state index in [1.807, 2.05) is 19.9 Å². The van der Waals surface area contributed by atoms with Crippen LogP contribution < -0.4 is 5.32 Å². The second-order valence-electron chi connectivity index (χ2n) is 4.29. The van der Waals surface area contributed by atoms with Gasteiger partial charge in [-0.3, -0.25) is 0 Å². The number of benzene rings is 1. The smallest absolute Gasteiger partial charge is 0.157 e. The monoisotopic (exact) mass is 269 g/mol. The molecule has 1 aromatic carbocycles. The quantitative estimate of drug-likeness (QED) is 0.523. The van der Waals surface area contributed by atoms with E-state index in [0.717, 1.165) is 24.9 Å². The lowest BCUT2D eigenvalue weighted by atomic mass is 10.2. The Hall–Kier alpha value is -0.970. The van der Waals surface area contributed by atoms with Crippen molar-refractivity contribution in [3.63, 3.8) is 0 Å². The minimum absolute atomic E-state index is 0.106. The highest BCUT2D eigenvalue weighted by Crippen LogP contribution is 2.05. The number of ether oxygens (including phenoxy) is 2. The summed E-state index contributed by atoms with van der Waals surface area (Å²) in [4.78, 5) is 0. The highest BCUT2D eigenvalue weighted by atomic mass is 19.1. The van der Waals surface area contributed by atoms with Crippen molar-refractivity contribution in [3.8, 4) is 0 Å². The summed E-state index contributed by atoms with van der Waals surface area (Å²) in [5, 5.41) is 3.29. The van der Waals surface area contributed by atoms with Crippen molar-refractivity contribution >= 4 is 0 Å². The maximum absolute atomic E-state index is 13.0. The van der Waals surface area contributed by atoms with Crippen molar-refractivity contribution in [2.75, 3.05) is 19.8 Å². The van der Waals surface area contributed by atoms with Crippen LogP contribution in [0.4, 0.5) is 4.39 Å². The molecule has 0 spiro atoms. The predicted octanol–water partition coefficient (Wildman–Crippen LogP) is 3.09. The highest BCUT2D eigenvalue weighted by molar-refractivity contribution is 5.15. The Bertz CT molecular complexity index is 341. The minimum atomic E-state index is -0.188. The van der Waals surface area contributed by atoms with E-state index >= 15 is 0 Å². The molecule has 0 fully saturated rings. The van der Waals surface area contributed by atoms with E-state index in [-0.39, 0.29) is 12.1 Å². The van der Waals surface area contributed by atoms with Gasteiger partial charge in [0.15, 0.2) is 6.29 Å². The number of hydrogen-bond acceptors (Lipinski definition) is 3. The number of rotatable bonds is 10. The summed E-state index contributed by atoms with van der Waals surface area (Å²) in [5.74, 6) is -0.188. The zero-order valence-electron chi connectivity index (χ0n) is 11.8. The highest BCUT2D eigenvalue weighted by Gasteiger charge is 2.06. The third-order valence-electron chi connectivity index (χ3n) is 2.72. The van der Waals surface area contributed by atoms with Crippen molar-refractivity contribution in [1.29, 1.82) is 0 Å². The van der Waals surface area contributed by atoms with Crippen LogP contribution in [0, 0.1) is 5.82 Å². The molecule has 0 saturated heterocycles. The van der Waals surface area contributed by atoms with Crippen LogP contribution >= 0.6 is 0 Å². The molecule has 0 atom stereocenters. The average molecular weight is 269 g/mol. The fraction of sp³-hybridized carbons (Fsp3) is 0.600. The van der Waals surface area contributed by atoms with Crippen molar-refractivity contribution in [1.82, 2.24) is 5.32 Å². The lowest BCUT2D eigenvalue weighted by Gasteiger charge is -2.16. The number of hydrogen-bond donors (Lipinski definition) is 1. The molecule has 108 valence electrons. The Labute approximate surface area is 115 Å². The van der Waals surface area contributed by atoms with Gasteiger partial charge in [-0.15, -0.1) is 0 Å². The summed E-state index contributed by atoms with van der Waals surface area (Å²) in [5.41, 5.74) is 0.964. The van der Waals surface area contributed by atoms with Gasteiger partial charge in [0.1, 0.15) is 5.82 Å². The lowest BCUT2D eigenvalue weighted by Crippen LogP contribution is -2.21. The van der Waals surface area contributed by atoms with Crippen LogP contribution in [0.15, 0.2) is 24.3 Å². The summed E-state index contributed by atoms with van der Waals surface area (Å²) >= 11 is 0. The Morgan fingerprint density at radius 3 is 2.58 bits per heavy atom. The van der Waals surface area contributed by atoms with Crippen molar-refractivity contribution in [2.45, 2.75) is 39.5 Å². The van der Waals surface area contributed by atoms with E-state index in [2.05, 4.69) is 5.32 Å². The molecule has 1 N–H and O–H groups in total. The van der Waals surface area contributed by atoms with Crippen molar-refractivity contribution in [2.24, 2.45) is 0 Å². The Morgan fingerprint density at radius 2 is 1.95 bits per heavy atom. The standard InChI is InChI=1S/C15H24FNO2/c1-3-18-15(19-4-2)9-6-10-17-12-13-7-5-8-14(16)11-13/h5,7-8,11,15,17H,3-4,6,9-10,12H2,1-2H3. The largest absolute Gasteiger partial charge is 0.353 e. The number of nitrogens with one attached hydrogen (secondary N) is 1. The van der Waals surface area contributed by atoms with Gasteiger partial charge >= 0.3 is 0 Å². The molecule has 0 amide bonds. The van der Waals surface area contributed by atoms with E-state index in [9.17, 15) is 4.39 Å². The van der Waals surface area contributed by atoms with Gasteiger partial charge in [-0.25, -0.2) is 4.39 Å². The molecule has 0 aliphatic carbocycles. The van der Waals surface area contributed by atoms with Gasteiger partial charge in [-0.2, -0.15) is 0 Å². The molecule has 1 rings (SSSR count).